The number of carbonyl (C=O) groups excluding carboxylic acids is 1. The van der Waals surface area contributed by atoms with Gasteiger partial charge in [0.15, 0.2) is 0 Å². The molecule has 2 N–H and O–H groups in total. The summed E-state index contributed by atoms with van der Waals surface area (Å²) in [6.07, 6.45) is 0. The van der Waals surface area contributed by atoms with Crippen LogP contribution in [-0.4, -0.2) is 10.5 Å². The summed E-state index contributed by atoms with van der Waals surface area (Å²) >= 11 is 0. The molecule has 76 valence electrons. The third kappa shape index (κ3) is 1.32. The molecular weight excluding hydrogens is 180 g/mol. The highest BCUT2D eigenvalue weighted by Gasteiger charge is 2.15. The van der Waals surface area contributed by atoms with Crippen molar-refractivity contribution in [3.05, 3.63) is 32.7 Å². The van der Waals surface area contributed by atoms with Crippen molar-refractivity contribution in [1.82, 2.24) is 4.57 Å². The van der Waals surface area contributed by atoms with Crippen molar-refractivity contribution in [2.24, 2.45) is 12.8 Å². The summed E-state index contributed by atoms with van der Waals surface area (Å²) in [7, 11) is 1.64. The van der Waals surface area contributed by atoms with Crippen LogP contribution in [0.2, 0.25) is 0 Å². The second-order valence-electron chi connectivity index (χ2n) is 3.44. The smallest absolute Gasteiger partial charge is 0.263 e. The van der Waals surface area contributed by atoms with Crippen molar-refractivity contribution in [3.63, 3.8) is 0 Å². The average Bonchev–Trinajstić information content (AvgIpc) is 2.11. The van der Waals surface area contributed by atoms with Crippen LogP contribution in [0.5, 0.6) is 0 Å². The zero-order valence-electron chi connectivity index (χ0n) is 8.84. The minimum Gasteiger partial charge on any atom is -0.365 e. The minimum atomic E-state index is -0.661. The molecule has 0 unspecified atom stereocenters. The topological polar surface area (TPSA) is 65.1 Å². The highest BCUT2D eigenvalue weighted by atomic mass is 16.2. The van der Waals surface area contributed by atoms with Gasteiger partial charge < -0.3 is 10.3 Å². The van der Waals surface area contributed by atoms with Crippen molar-refractivity contribution in [2.45, 2.75) is 20.8 Å². The Kier molecular flexibility index (Phi) is 2.47. The Morgan fingerprint density at radius 2 is 1.71 bits per heavy atom. The summed E-state index contributed by atoms with van der Waals surface area (Å²) in [5, 5.41) is 0. The molecule has 1 rings (SSSR count). The second-order valence-corrected chi connectivity index (χ2v) is 3.44. The number of pyridine rings is 1. The lowest BCUT2D eigenvalue weighted by atomic mass is 10.0. The molecule has 0 aliphatic rings. The third-order valence-corrected chi connectivity index (χ3v) is 2.75. The Morgan fingerprint density at radius 3 is 2.14 bits per heavy atom. The molecule has 0 aromatic carbocycles. The maximum absolute atomic E-state index is 11.7. The van der Waals surface area contributed by atoms with Gasteiger partial charge in [-0.3, -0.25) is 9.59 Å². The summed E-state index contributed by atoms with van der Waals surface area (Å²) in [6.45, 7) is 5.45. The highest BCUT2D eigenvalue weighted by molar-refractivity contribution is 5.94. The van der Waals surface area contributed by atoms with E-state index in [0.717, 1.165) is 11.3 Å². The number of nitrogens with two attached hydrogens (primary N) is 1. The molecular formula is C10H14N2O2. The van der Waals surface area contributed by atoms with E-state index >= 15 is 0 Å². The quantitative estimate of drug-likeness (QED) is 0.703. The SMILES string of the molecule is Cc1c(C)c(C)n(C)c(=O)c1C(N)=O. The van der Waals surface area contributed by atoms with Crippen LogP contribution < -0.4 is 11.3 Å². The van der Waals surface area contributed by atoms with Gasteiger partial charge in [-0.05, 0) is 31.9 Å². The predicted octanol–water partition coefficient (Wildman–Crippen LogP) is 0.409. The first-order valence-corrected chi connectivity index (χ1v) is 4.34. The molecule has 1 aromatic heterocycles. The Balaban J connectivity index is 3.78. The second kappa shape index (κ2) is 3.29. The molecule has 1 amide bonds. The van der Waals surface area contributed by atoms with E-state index in [0.29, 0.717) is 5.56 Å². The van der Waals surface area contributed by atoms with Crippen molar-refractivity contribution >= 4 is 5.91 Å². The molecule has 14 heavy (non-hydrogen) atoms. The monoisotopic (exact) mass is 194 g/mol. The van der Waals surface area contributed by atoms with Gasteiger partial charge in [0.1, 0.15) is 5.56 Å². The van der Waals surface area contributed by atoms with Crippen LogP contribution in [0.15, 0.2) is 4.79 Å². The van der Waals surface area contributed by atoms with Crippen LogP contribution in [0, 0.1) is 20.8 Å². The van der Waals surface area contributed by atoms with Crippen LogP contribution in [0.4, 0.5) is 0 Å². The maximum Gasteiger partial charge on any atom is 0.263 e. The van der Waals surface area contributed by atoms with Crippen LogP contribution in [0.25, 0.3) is 0 Å². The Morgan fingerprint density at radius 1 is 1.21 bits per heavy atom. The van der Waals surface area contributed by atoms with Crippen LogP contribution in [0.3, 0.4) is 0 Å². The third-order valence-electron chi connectivity index (χ3n) is 2.75. The molecule has 0 saturated carbocycles. The lowest BCUT2D eigenvalue weighted by Gasteiger charge is -2.12. The first-order chi connectivity index (χ1) is 6.37. The van der Waals surface area contributed by atoms with E-state index < -0.39 is 5.91 Å². The molecule has 0 spiro atoms. The number of carbonyl (C=O) groups is 1. The lowest BCUT2D eigenvalue weighted by Crippen LogP contribution is -2.31. The first kappa shape index (κ1) is 10.5. The molecule has 1 heterocycles. The number of nitrogens with zero attached hydrogens (tertiary/aromatic N) is 1. The van der Waals surface area contributed by atoms with E-state index in [9.17, 15) is 9.59 Å². The molecule has 4 heteroatoms. The van der Waals surface area contributed by atoms with Gasteiger partial charge in [0, 0.05) is 12.7 Å². The number of hydrogen-bond acceptors (Lipinski definition) is 2. The molecule has 0 aliphatic heterocycles. The average molecular weight is 194 g/mol. The van der Waals surface area contributed by atoms with E-state index in [-0.39, 0.29) is 11.1 Å². The van der Waals surface area contributed by atoms with E-state index in [1.165, 1.54) is 4.57 Å². The number of rotatable bonds is 1. The Labute approximate surface area is 82.3 Å². The summed E-state index contributed by atoms with van der Waals surface area (Å²) < 4.78 is 1.45. The fraction of sp³-hybridized carbons (Fsp3) is 0.400. The van der Waals surface area contributed by atoms with Gasteiger partial charge in [-0.15, -0.1) is 0 Å². The van der Waals surface area contributed by atoms with Gasteiger partial charge in [-0.2, -0.15) is 0 Å². The Bertz CT molecular complexity index is 458. The molecule has 1 aromatic rings. The van der Waals surface area contributed by atoms with Gasteiger partial charge in [-0.25, -0.2) is 0 Å². The van der Waals surface area contributed by atoms with Crippen LogP contribution in [0.1, 0.15) is 27.2 Å². The summed E-state index contributed by atoms with van der Waals surface area (Å²) in [6, 6.07) is 0. The van der Waals surface area contributed by atoms with Gasteiger partial charge in [0.2, 0.25) is 0 Å². The van der Waals surface area contributed by atoms with Gasteiger partial charge in [0.05, 0.1) is 0 Å². The maximum atomic E-state index is 11.7. The van der Waals surface area contributed by atoms with E-state index in [1.807, 2.05) is 13.8 Å². The molecule has 0 radical (unpaired) electrons. The molecule has 4 nitrogen and oxygen atoms in total. The summed E-state index contributed by atoms with van der Waals surface area (Å²) in [5.41, 5.74) is 7.39. The molecule has 0 bridgehead atoms. The standard InChI is InChI=1S/C10H14N2O2/c1-5-6(2)8(9(11)13)10(14)12(4)7(5)3/h1-4H3,(H2,11,13). The number of amides is 1. The first-order valence-electron chi connectivity index (χ1n) is 4.34. The van der Waals surface area contributed by atoms with E-state index in [2.05, 4.69) is 0 Å². The fourth-order valence-electron chi connectivity index (χ4n) is 1.48. The van der Waals surface area contributed by atoms with Gasteiger partial charge in [-0.1, -0.05) is 0 Å². The normalized spacial score (nSPS) is 10.3. The van der Waals surface area contributed by atoms with Crippen molar-refractivity contribution < 1.29 is 4.79 Å². The highest BCUT2D eigenvalue weighted by Crippen LogP contribution is 2.12. The van der Waals surface area contributed by atoms with Crippen LogP contribution in [-0.2, 0) is 7.05 Å². The molecule has 0 aliphatic carbocycles. The van der Waals surface area contributed by atoms with Crippen LogP contribution >= 0.6 is 0 Å². The van der Waals surface area contributed by atoms with E-state index in [1.54, 1.807) is 14.0 Å². The zero-order chi connectivity index (χ0) is 11.0. The molecule has 0 saturated heterocycles. The Hall–Kier alpha value is -1.58. The molecule has 0 atom stereocenters. The number of aromatic nitrogens is 1. The lowest BCUT2D eigenvalue weighted by molar-refractivity contribution is 0.0997. The van der Waals surface area contributed by atoms with Crippen molar-refractivity contribution in [2.75, 3.05) is 0 Å². The predicted molar refractivity (Wildman–Crippen MR) is 54.4 cm³/mol. The van der Waals surface area contributed by atoms with Crippen molar-refractivity contribution in [3.8, 4) is 0 Å². The number of primary amides is 1. The van der Waals surface area contributed by atoms with E-state index in [4.69, 9.17) is 5.73 Å². The number of hydrogen-bond donors (Lipinski definition) is 1. The van der Waals surface area contributed by atoms with Crippen molar-refractivity contribution in [1.29, 1.82) is 0 Å². The molecule has 0 fully saturated rings. The largest absolute Gasteiger partial charge is 0.365 e. The van der Waals surface area contributed by atoms with Gasteiger partial charge >= 0.3 is 0 Å². The fourth-order valence-corrected chi connectivity index (χ4v) is 1.48. The summed E-state index contributed by atoms with van der Waals surface area (Å²) in [4.78, 5) is 22.7. The zero-order valence-corrected chi connectivity index (χ0v) is 8.84. The summed E-state index contributed by atoms with van der Waals surface area (Å²) in [5.74, 6) is -0.661. The van der Waals surface area contributed by atoms with Gasteiger partial charge in [0.25, 0.3) is 11.5 Å². The minimum absolute atomic E-state index is 0.0931.